The standard InChI is InChI=1S/C20H22Cl2N2/c1-13(2)11-24-12-15(8-9-23)16-7-6-14(10-19(16)24)20-17(21)4-3-5-18(20)22/h3-7,10,12-13H,8-9,11,23H2,1-2H3. The number of fused-ring (bicyclic) bond motifs is 1. The van der Waals surface area contributed by atoms with Gasteiger partial charge in [0.1, 0.15) is 0 Å². The van der Waals surface area contributed by atoms with Gasteiger partial charge in [-0.1, -0.05) is 55.2 Å². The number of hydrogen-bond donors (Lipinski definition) is 1. The van der Waals surface area contributed by atoms with Gasteiger partial charge in [-0.2, -0.15) is 0 Å². The van der Waals surface area contributed by atoms with Crippen molar-refractivity contribution >= 4 is 34.1 Å². The largest absolute Gasteiger partial charge is 0.347 e. The average molecular weight is 361 g/mol. The van der Waals surface area contributed by atoms with E-state index in [0.29, 0.717) is 22.5 Å². The first-order valence-electron chi connectivity index (χ1n) is 8.27. The van der Waals surface area contributed by atoms with Crippen molar-refractivity contribution in [1.82, 2.24) is 4.57 Å². The zero-order valence-electron chi connectivity index (χ0n) is 14.0. The second-order valence-electron chi connectivity index (χ2n) is 6.57. The SMILES string of the molecule is CC(C)Cn1cc(CCN)c2ccc(-c3c(Cl)cccc3Cl)cc21. The van der Waals surface area contributed by atoms with E-state index in [0.717, 1.165) is 24.1 Å². The molecule has 0 fully saturated rings. The Hall–Kier alpha value is -1.48. The minimum Gasteiger partial charge on any atom is -0.347 e. The van der Waals surface area contributed by atoms with Gasteiger partial charge in [0.15, 0.2) is 0 Å². The van der Waals surface area contributed by atoms with Gasteiger partial charge in [0.05, 0.1) is 0 Å². The van der Waals surface area contributed by atoms with E-state index in [4.69, 9.17) is 28.9 Å². The third kappa shape index (κ3) is 3.32. The molecular weight excluding hydrogens is 339 g/mol. The van der Waals surface area contributed by atoms with E-state index in [1.165, 1.54) is 16.5 Å². The first-order chi connectivity index (χ1) is 11.5. The molecule has 0 aliphatic carbocycles. The Balaban J connectivity index is 2.19. The number of rotatable bonds is 5. The van der Waals surface area contributed by atoms with Crippen molar-refractivity contribution in [3.8, 4) is 11.1 Å². The summed E-state index contributed by atoms with van der Waals surface area (Å²) in [6.07, 6.45) is 3.11. The van der Waals surface area contributed by atoms with Crippen molar-refractivity contribution in [1.29, 1.82) is 0 Å². The van der Waals surface area contributed by atoms with Crippen molar-refractivity contribution in [2.24, 2.45) is 11.7 Å². The summed E-state index contributed by atoms with van der Waals surface area (Å²) in [5.41, 5.74) is 10.2. The lowest BCUT2D eigenvalue weighted by Gasteiger charge is -2.11. The Morgan fingerprint density at radius 2 is 1.79 bits per heavy atom. The van der Waals surface area contributed by atoms with Crippen molar-refractivity contribution in [3.05, 3.63) is 58.2 Å². The molecule has 4 heteroatoms. The normalized spacial score (nSPS) is 11.6. The zero-order valence-corrected chi connectivity index (χ0v) is 15.5. The predicted octanol–water partition coefficient (Wildman–Crippen LogP) is 5.77. The molecule has 2 nitrogen and oxygen atoms in total. The maximum Gasteiger partial charge on any atom is 0.0499 e. The van der Waals surface area contributed by atoms with Crippen LogP contribution in [-0.4, -0.2) is 11.1 Å². The molecule has 0 aliphatic rings. The molecule has 0 aliphatic heterocycles. The van der Waals surface area contributed by atoms with Crippen molar-refractivity contribution in [3.63, 3.8) is 0 Å². The Bertz CT molecular complexity index is 845. The van der Waals surface area contributed by atoms with Crippen LogP contribution in [-0.2, 0) is 13.0 Å². The topological polar surface area (TPSA) is 30.9 Å². The summed E-state index contributed by atoms with van der Waals surface area (Å²) in [5, 5.41) is 2.60. The van der Waals surface area contributed by atoms with Crippen LogP contribution in [0.25, 0.3) is 22.0 Å². The summed E-state index contributed by atoms with van der Waals surface area (Å²) in [6.45, 7) is 6.08. The first kappa shape index (κ1) is 17.3. The highest BCUT2D eigenvalue weighted by Gasteiger charge is 2.13. The van der Waals surface area contributed by atoms with Crippen LogP contribution in [0.15, 0.2) is 42.6 Å². The van der Waals surface area contributed by atoms with Crippen LogP contribution in [0.3, 0.4) is 0 Å². The van der Waals surface area contributed by atoms with Gasteiger partial charge in [0, 0.05) is 39.3 Å². The smallest absolute Gasteiger partial charge is 0.0499 e. The Labute approximate surface area is 153 Å². The highest BCUT2D eigenvalue weighted by atomic mass is 35.5. The summed E-state index contributed by atoms with van der Waals surface area (Å²) >= 11 is 12.8. The maximum absolute atomic E-state index is 6.39. The lowest BCUT2D eigenvalue weighted by Crippen LogP contribution is -2.04. The fourth-order valence-corrected chi connectivity index (χ4v) is 3.81. The van der Waals surface area contributed by atoms with E-state index < -0.39 is 0 Å². The van der Waals surface area contributed by atoms with Crippen molar-refractivity contribution < 1.29 is 0 Å². The second-order valence-corrected chi connectivity index (χ2v) is 7.38. The van der Waals surface area contributed by atoms with E-state index in [1.54, 1.807) is 0 Å². The molecule has 0 radical (unpaired) electrons. The molecule has 2 N–H and O–H groups in total. The van der Waals surface area contributed by atoms with Gasteiger partial charge < -0.3 is 10.3 Å². The number of halogens is 2. The van der Waals surface area contributed by atoms with E-state index in [2.05, 4.69) is 42.8 Å². The lowest BCUT2D eigenvalue weighted by atomic mass is 10.0. The van der Waals surface area contributed by atoms with Gasteiger partial charge in [-0.15, -0.1) is 0 Å². The summed E-state index contributed by atoms with van der Waals surface area (Å²) in [5.74, 6) is 0.568. The third-order valence-corrected chi connectivity index (χ3v) is 4.82. The molecule has 0 atom stereocenters. The average Bonchev–Trinajstić information content (AvgIpc) is 2.84. The molecule has 1 aromatic heterocycles. The molecule has 3 rings (SSSR count). The van der Waals surface area contributed by atoms with Gasteiger partial charge in [0.25, 0.3) is 0 Å². The van der Waals surface area contributed by atoms with E-state index in [-0.39, 0.29) is 0 Å². The quantitative estimate of drug-likeness (QED) is 0.614. The van der Waals surface area contributed by atoms with Crippen LogP contribution in [0.1, 0.15) is 19.4 Å². The molecule has 0 amide bonds. The van der Waals surface area contributed by atoms with Crippen LogP contribution < -0.4 is 5.73 Å². The molecule has 0 bridgehead atoms. The fraction of sp³-hybridized carbons (Fsp3) is 0.300. The molecular formula is C20H22Cl2N2. The molecule has 0 unspecified atom stereocenters. The lowest BCUT2D eigenvalue weighted by molar-refractivity contribution is 0.534. The Morgan fingerprint density at radius 1 is 1.08 bits per heavy atom. The van der Waals surface area contributed by atoms with E-state index >= 15 is 0 Å². The highest BCUT2D eigenvalue weighted by Crippen LogP contribution is 2.36. The molecule has 2 aromatic carbocycles. The number of benzene rings is 2. The minimum absolute atomic E-state index is 0.568. The van der Waals surface area contributed by atoms with Crippen molar-refractivity contribution in [2.75, 3.05) is 6.54 Å². The van der Waals surface area contributed by atoms with Gasteiger partial charge in [-0.05, 0) is 48.2 Å². The summed E-state index contributed by atoms with van der Waals surface area (Å²) < 4.78 is 2.32. The molecule has 0 spiro atoms. The van der Waals surface area contributed by atoms with Gasteiger partial charge in [-0.25, -0.2) is 0 Å². The molecule has 126 valence electrons. The monoisotopic (exact) mass is 360 g/mol. The van der Waals surface area contributed by atoms with Gasteiger partial charge in [-0.3, -0.25) is 0 Å². The molecule has 0 saturated carbocycles. The van der Waals surface area contributed by atoms with E-state index in [1.807, 2.05) is 18.2 Å². The number of hydrogen-bond acceptors (Lipinski definition) is 1. The van der Waals surface area contributed by atoms with Gasteiger partial charge in [0.2, 0.25) is 0 Å². The zero-order chi connectivity index (χ0) is 17.3. The van der Waals surface area contributed by atoms with Crippen LogP contribution in [0.4, 0.5) is 0 Å². The van der Waals surface area contributed by atoms with E-state index in [9.17, 15) is 0 Å². The molecule has 3 aromatic rings. The van der Waals surface area contributed by atoms with Gasteiger partial charge >= 0.3 is 0 Å². The summed E-state index contributed by atoms with van der Waals surface area (Å²) in [7, 11) is 0. The summed E-state index contributed by atoms with van der Waals surface area (Å²) in [6, 6.07) is 12.1. The van der Waals surface area contributed by atoms with Crippen LogP contribution in [0.2, 0.25) is 10.0 Å². The number of aromatic nitrogens is 1. The number of nitrogens with two attached hydrogens (primary N) is 1. The fourth-order valence-electron chi connectivity index (χ4n) is 3.20. The first-order valence-corrected chi connectivity index (χ1v) is 9.03. The van der Waals surface area contributed by atoms with Crippen LogP contribution >= 0.6 is 23.2 Å². The number of nitrogens with zero attached hydrogens (tertiary/aromatic N) is 1. The molecule has 1 heterocycles. The van der Waals surface area contributed by atoms with Crippen LogP contribution in [0, 0.1) is 5.92 Å². The summed E-state index contributed by atoms with van der Waals surface area (Å²) in [4.78, 5) is 0. The second kappa shape index (κ2) is 7.18. The van der Waals surface area contributed by atoms with Crippen molar-refractivity contribution in [2.45, 2.75) is 26.8 Å². The molecule has 24 heavy (non-hydrogen) atoms. The highest BCUT2D eigenvalue weighted by molar-refractivity contribution is 6.39. The molecule has 0 saturated heterocycles. The van der Waals surface area contributed by atoms with Crippen LogP contribution in [0.5, 0.6) is 0 Å². The Kier molecular flexibility index (Phi) is 5.19. The Morgan fingerprint density at radius 3 is 2.42 bits per heavy atom. The third-order valence-electron chi connectivity index (χ3n) is 4.19. The predicted molar refractivity (Wildman–Crippen MR) is 105 cm³/mol. The minimum atomic E-state index is 0.568. The maximum atomic E-state index is 6.39.